The van der Waals surface area contributed by atoms with Gasteiger partial charge in [-0.1, -0.05) is 66.0 Å². The Morgan fingerprint density at radius 2 is 1.51 bits per heavy atom. The summed E-state index contributed by atoms with van der Waals surface area (Å²) in [6.45, 7) is 19.2. The summed E-state index contributed by atoms with van der Waals surface area (Å²) in [5, 5.41) is 34.9. The summed E-state index contributed by atoms with van der Waals surface area (Å²) in [6, 6.07) is -1.25. The number of allylic oxidation sites excluding steroid dienone is 1. The van der Waals surface area contributed by atoms with Gasteiger partial charge in [-0.25, -0.2) is 4.79 Å². The molecule has 5 aliphatic carbocycles. The van der Waals surface area contributed by atoms with Crippen molar-refractivity contribution in [3.05, 3.63) is 12.2 Å². The lowest BCUT2D eigenvalue weighted by Gasteiger charge is -2.72. The molecule has 8 heteroatoms. The molecule has 5 N–H and O–H groups in total. The molecular weight excluding hydrogens is 616 g/mol. The van der Waals surface area contributed by atoms with Crippen LogP contribution in [0.25, 0.3) is 0 Å². The summed E-state index contributed by atoms with van der Waals surface area (Å²) < 4.78 is 0. The van der Waals surface area contributed by atoms with E-state index in [-0.39, 0.29) is 51.4 Å². The van der Waals surface area contributed by atoms with Gasteiger partial charge in [-0.05, 0) is 135 Å². The van der Waals surface area contributed by atoms with E-state index in [0.29, 0.717) is 42.6 Å². The molecule has 0 heterocycles. The maximum atomic E-state index is 14.4. The standard InChI is InChI=1S/C41H68N2O6/c1-26(2)27-16-21-41(36(49)42-24-12-10-8-9-11-13-33(46)43-29(25-44)35(47)48)23-22-39(6)28(34(27)41)14-15-31-38(5)19-18-32(45)37(3,4)30(38)17-20-40(31,39)7/h27-32,34,44-45H,1,8-25H2,2-7H3,(H,42,49)(H,43,46)(H,47,48)/t27-,28+,29-,30-,31?,32-,34+,38-,39+,40+,41-/m0/s1. The Labute approximate surface area is 296 Å². The van der Waals surface area contributed by atoms with Gasteiger partial charge in [0.05, 0.1) is 18.1 Å². The van der Waals surface area contributed by atoms with Crippen LogP contribution in [0.15, 0.2) is 12.2 Å². The molecule has 0 spiro atoms. The summed E-state index contributed by atoms with van der Waals surface area (Å²) in [7, 11) is 0. The largest absolute Gasteiger partial charge is 0.480 e. The van der Waals surface area contributed by atoms with E-state index >= 15 is 0 Å². The average molecular weight is 685 g/mol. The number of nitrogens with one attached hydrogen (secondary N) is 2. The first-order valence-electron chi connectivity index (χ1n) is 19.7. The third kappa shape index (κ3) is 6.42. The Bertz CT molecular complexity index is 1270. The van der Waals surface area contributed by atoms with Crippen LogP contribution in [-0.2, 0) is 14.4 Å². The predicted octanol–water partition coefficient (Wildman–Crippen LogP) is 7.02. The molecule has 5 aliphatic rings. The number of aliphatic carboxylic acids is 1. The molecule has 1 unspecified atom stereocenters. The zero-order valence-corrected chi connectivity index (χ0v) is 31.5. The zero-order valence-electron chi connectivity index (χ0n) is 31.5. The van der Waals surface area contributed by atoms with Crippen LogP contribution in [0, 0.1) is 56.7 Å². The first kappa shape index (κ1) is 38.3. The Morgan fingerprint density at radius 3 is 2.18 bits per heavy atom. The molecule has 0 saturated heterocycles. The lowest BCUT2D eigenvalue weighted by Crippen LogP contribution is -2.67. The molecule has 0 aromatic carbocycles. The second-order valence-corrected chi connectivity index (χ2v) is 18.6. The van der Waals surface area contributed by atoms with Crippen molar-refractivity contribution in [3.8, 4) is 0 Å². The number of aliphatic hydroxyl groups is 2. The maximum absolute atomic E-state index is 14.4. The highest BCUT2D eigenvalue weighted by Crippen LogP contribution is 2.77. The van der Waals surface area contributed by atoms with E-state index in [0.717, 1.165) is 64.2 Å². The van der Waals surface area contributed by atoms with Crippen molar-refractivity contribution in [2.75, 3.05) is 13.2 Å². The number of aliphatic hydroxyl groups excluding tert-OH is 2. The minimum atomic E-state index is -1.25. The molecule has 0 aromatic rings. The molecule has 278 valence electrons. The SMILES string of the molecule is C=C(C)[C@@H]1CC[C@]2(C(=O)NCCCCCCCC(=O)N[C@@H](CO)C(=O)O)CC[C@]3(C)[C@H](CCC4[C@@]5(C)CC[C@H](O)C(C)(C)[C@@H]5CC[C@]43C)[C@@H]12. The summed E-state index contributed by atoms with van der Waals surface area (Å²) in [6.07, 6.45) is 15.4. The van der Waals surface area contributed by atoms with Gasteiger partial charge in [0.25, 0.3) is 0 Å². The molecular formula is C41H68N2O6. The highest BCUT2D eigenvalue weighted by molar-refractivity contribution is 5.84. The first-order valence-corrected chi connectivity index (χ1v) is 19.7. The van der Waals surface area contributed by atoms with Gasteiger partial charge >= 0.3 is 5.97 Å². The number of fused-ring (bicyclic) bond motifs is 7. The zero-order chi connectivity index (χ0) is 36.0. The van der Waals surface area contributed by atoms with Crippen LogP contribution in [0.1, 0.15) is 144 Å². The van der Waals surface area contributed by atoms with Crippen molar-refractivity contribution in [3.63, 3.8) is 0 Å². The molecule has 0 aromatic heterocycles. The molecule has 0 aliphatic heterocycles. The van der Waals surface area contributed by atoms with E-state index in [1.807, 2.05) is 0 Å². The van der Waals surface area contributed by atoms with Gasteiger partial charge < -0.3 is 26.0 Å². The second-order valence-electron chi connectivity index (χ2n) is 18.6. The summed E-state index contributed by atoms with van der Waals surface area (Å²) in [5.74, 6) is 1.13. The third-order valence-corrected chi connectivity index (χ3v) is 16.2. The number of carboxylic acids is 1. The van der Waals surface area contributed by atoms with Crippen molar-refractivity contribution in [1.29, 1.82) is 0 Å². The molecule has 49 heavy (non-hydrogen) atoms. The fourth-order valence-electron chi connectivity index (χ4n) is 13.3. The molecule has 8 nitrogen and oxygen atoms in total. The van der Waals surface area contributed by atoms with E-state index in [2.05, 4.69) is 58.8 Å². The molecule has 2 amide bonds. The van der Waals surface area contributed by atoms with E-state index in [1.54, 1.807) is 0 Å². The summed E-state index contributed by atoms with van der Waals surface area (Å²) in [4.78, 5) is 37.3. The van der Waals surface area contributed by atoms with Gasteiger partial charge in [-0.3, -0.25) is 9.59 Å². The number of unbranched alkanes of at least 4 members (excludes halogenated alkanes) is 4. The average Bonchev–Trinajstić information content (AvgIpc) is 3.44. The fraction of sp³-hybridized carbons (Fsp3) is 0.878. The molecule has 11 atom stereocenters. The Kier molecular flexibility index (Phi) is 11.1. The normalized spacial score (nSPS) is 41.3. The molecule has 0 radical (unpaired) electrons. The van der Waals surface area contributed by atoms with Gasteiger partial charge in [0, 0.05) is 13.0 Å². The lowest BCUT2D eigenvalue weighted by molar-refractivity contribution is -0.246. The van der Waals surface area contributed by atoms with Gasteiger partial charge in [-0.15, -0.1) is 0 Å². The molecule has 5 fully saturated rings. The highest BCUT2D eigenvalue weighted by Gasteiger charge is 2.71. The van der Waals surface area contributed by atoms with Crippen molar-refractivity contribution in [2.24, 2.45) is 56.7 Å². The van der Waals surface area contributed by atoms with Gasteiger partial charge in [-0.2, -0.15) is 0 Å². The van der Waals surface area contributed by atoms with Gasteiger partial charge in [0.2, 0.25) is 11.8 Å². The molecule has 5 saturated carbocycles. The van der Waals surface area contributed by atoms with Crippen LogP contribution in [0.2, 0.25) is 0 Å². The molecule has 0 bridgehead atoms. The van der Waals surface area contributed by atoms with Crippen LogP contribution in [0.4, 0.5) is 0 Å². The molecule has 5 rings (SSSR count). The van der Waals surface area contributed by atoms with Crippen molar-refractivity contribution >= 4 is 17.8 Å². The van der Waals surface area contributed by atoms with E-state index < -0.39 is 18.6 Å². The maximum Gasteiger partial charge on any atom is 0.328 e. The van der Waals surface area contributed by atoms with Gasteiger partial charge in [0.15, 0.2) is 0 Å². The number of hydrogen-bond acceptors (Lipinski definition) is 5. The van der Waals surface area contributed by atoms with Crippen LogP contribution in [0.5, 0.6) is 0 Å². The van der Waals surface area contributed by atoms with Crippen LogP contribution in [-0.4, -0.2) is 58.4 Å². The number of hydrogen-bond donors (Lipinski definition) is 5. The number of carboxylic acid groups (broad SMARTS) is 1. The number of carbonyl (C=O) groups excluding carboxylic acids is 2. The lowest BCUT2D eigenvalue weighted by atomic mass is 9.32. The first-order chi connectivity index (χ1) is 23.0. The Balaban J connectivity index is 1.21. The van der Waals surface area contributed by atoms with Crippen LogP contribution in [0.3, 0.4) is 0 Å². The second kappa shape index (κ2) is 14.2. The van der Waals surface area contributed by atoms with Crippen molar-refractivity contribution in [1.82, 2.24) is 10.6 Å². The van der Waals surface area contributed by atoms with Crippen molar-refractivity contribution < 1.29 is 29.7 Å². The number of rotatable bonds is 13. The minimum absolute atomic E-state index is 0.0486. The topological polar surface area (TPSA) is 136 Å². The highest BCUT2D eigenvalue weighted by atomic mass is 16.4. The van der Waals surface area contributed by atoms with Crippen LogP contribution >= 0.6 is 0 Å². The summed E-state index contributed by atoms with van der Waals surface area (Å²) in [5.41, 5.74) is 1.53. The van der Waals surface area contributed by atoms with Crippen LogP contribution < -0.4 is 10.6 Å². The number of amides is 2. The minimum Gasteiger partial charge on any atom is -0.480 e. The van der Waals surface area contributed by atoms with E-state index in [9.17, 15) is 19.5 Å². The predicted molar refractivity (Wildman–Crippen MR) is 192 cm³/mol. The summed E-state index contributed by atoms with van der Waals surface area (Å²) >= 11 is 0. The van der Waals surface area contributed by atoms with Gasteiger partial charge in [0.1, 0.15) is 6.04 Å². The Hall–Kier alpha value is -1.93. The fourth-order valence-corrected chi connectivity index (χ4v) is 13.3. The van der Waals surface area contributed by atoms with Crippen molar-refractivity contribution in [2.45, 2.75) is 156 Å². The quantitative estimate of drug-likeness (QED) is 0.105. The van der Waals surface area contributed by atoms with E-state index in [1.165, 1.54) is 31.3 Å². The third-order valence-electron chi connectivity index (χ3n) is 16.2. The Morgan fingerprint density at radius 1 is 0.816 bits per heavy atom. The number of carbonyl (C=O) groups is 3. The smallest absolute Gasteiger partial charge is 0.328 e. The van der Waals surface area contributed by atoms with E-state index in [4.69, 9.17) is 10.2 Å². The monoisotopic (exact) mass is 685 g/mol.